The maximum atomic E-state index is 12.5. The van der Waals surface area contributed by atoms with Crippen molar-refractivity contribution in [3.8, 4) is 10.6 Å². The molecule has 1 heterocycles. The van der Waals surface area contributed by atoms with Crippen molar-refractivity contribution in [2.24, 2.45) is 0 Å². The molecule has 2 N–H and O–H groups in total. The number of halogens is 1. The molecule has 0 aliphatic heterocycles. The smallest absolute Gasteiger partial charge is 0.257 e. The van der Waals surface area contributed by atoms with Gasteiger partial charge in [0.2, 0.25) is 0 Å². The summed E-state index contributed by atoms with van der Waals surface area (Å²) in [5.41, 5.74) is 4.40. The van der Waals surface area contributed by atoms with Crippen LogP contribution in [-0.4, -0.2) is 16.0 Å². The third-order valence-electron chi connectivity index (χ3n) is 4.61. The van der Waals surface area contributed by atoms with Crippen LogP contribution in [0.5, 0.6) is 0 Å². The molecule has 0 spiro atoms. The van der Waals surface area contributed by atoms with Crippen molar-refractivity contribution in [2.75, 3.05) is 5.32 Å². The van der Waals surface area contributed by atoms with Crippen molar-refractivity contribution in [3.05, 3.63) is 82.3 Å². The van der Waals surface area contributed by atoms with Crippen LogP contribution in [0, 0.1) is 0 Å². The summed E-state index contributed by atoms with van der Waals surface area (Å²) in [7, 11) is 0. The first-order valence-corrected chi connectivity index (χ1v) is 11.4. The zero-order chi connectivity index (χ0) is 21.1. The van der Waals surface area contributed by atoms with Crippen LogP contribution in [0.3, 0.4) is 0 Å². The Bertz CT molecular complexity index is 1200. The highest BCUT2D eigenvalue weighted by Crippen LogP contribution is 2.36. The van der Waals surface area contributed by atoms with E-state index in [1.807, 2.05) is 60.7 Å². The van der Waals surface area contributed by atoms with Crippen molar-refractivity contribution in [1.82, 2.24) is 10.3 Å². The minimum absolute atomic E-state index is 0.240. The molecule has 1 aromatic heterocycles. The molecule has 0 saturated heterocycles. The number of anilines is 1. The second kappa shape index (κ2) is 9.04. The van der Waals surface area contributed by atoms with Crippen LogP contribution in [-0.2, 0) is 6.42 Å². The number of carbonyl (C=O) groups excluding carboxylic acids is 1. The van der Waals surface area contributed by atoms with E-state index in [0.29, 0.717) is 5.56 Å². The zero-order valence-electron chi connectivity index (χ0n) is 16.1. The molecule has 0 atom stereocenters. The Labute approximate surface area is 192 Å². The Morgan fingerprint density at radius 2 is 1.87 bits per heavy atom. The van der Waals surface area contributed by atoms with E-state index in [0.717, 1.165) is 37.4 Å². The van der Waals surface area contributed by atoms with Gasteiger partial charge in [-0.25, -0.2) is 4.98 Å². The molecule has 0 saturated carbocycles. The van der Waals surface area contributed by atoms with Gasteiger partial charge in [-0.3, -0.25) is 10.1 Å². The molecular weight excluding hydrogens is 478 g/mol. The number of fused-ring (bicyclic) bond motifs is 1. The van der Waals surface area contributed by atoms with Gasteiger partial charge in [-0.2, -0.15) is 0 Å². The van der Waals surface area contributed by atoms with E-state index in [1.165, 1.54) is 5.56 Å². The third-order valence-corrected chi connectivity index (χ3v) is 6.37. The summed E-state index contributed by atoms with van der Waals surface area (Å²) in [6, 6.07) is 21.4. The van der Waals surface area contributed by atoms with Gasteiger partial charge in [-0.05, 0) is 66.7 Å². The molecule has 30 heavy (non-hydrogen) atoms. The SMILES string of the molecule is CCc1ccc(C(=O)NC(=S)Nc2ccc(Br)cc2-c2nc3ccccc3s2)cc1. The second-order valence-corrected chi connectivity index (χ2v) is 8.99. The lowest BCUT2D eigenvalue weighted by Crippen LogP contribution is -2.34. The van der Waals surface area contributed by atoms with Gasteiger partial charge < -0.3 is 5.32 Å². The minimum Gasteiger partial charge on any atom is -0.332 e. The first-order valence-electron chi connectivity index (χ1n) is 9.40. The summed E-state index contributed by atoms with van der Waals surface area (Å²) in [5, 5.41) is 7.02. The molecule has 7 heteroatoms. The van der Waals surface area contributed by atoms with Gasteiger partial charge in [0, 0.05) is 15.6 Å². The number of carbonyl (C=O) groups is 1. The fourth-order valence-electron chi connectivity index (χ4n) is 3.01. The van der Waals surface area contributed by atoms with Crippen molar-refractivity contribution in [1.29, 1.82) is 0 Å². The number of amides is 1. The Morgan fingerprint density at radius 3 is 2.60 bits per heavy atom. The number of para-hydroxylation sites is 1. The standard InChI is InChI=1S/C23H18BrN3OS2/c1-2-14-7-9-15(10-8-14)21(28)27-23(29)26-18-12-11-16(24)13-17(18)22-25-19-5-3-4-6-20(19)30-22/h3-13H,2H2,1H3,(H2,26,27,28,29). The van der Waals surface area contributed by atoms with Gasteiger partial charge in [-0.1, -0.05) is 47.1 Å². The summed E-state index contributed by atoms with van der Waals surface area (Å²) < 4.78 is 2.05. The largest absolute Gasteiger partial charge is 0.332 e. The number of rotatable bonds is 4. The van der Waals surface area contributed by atoms with E-state index in [1.54, 1.807) is 11.3 Å². The van der Waals surface area contributed by atoms with Crippen LogP contribution >= 0.6 is 39.5 Å². The summed E-state index contributed by atoms with van der Waals surface area (Å²) in [6.07, 6.45) is 0.931. The lowest BCUT2D eigenvalue weighted by Gasteiger charge is -2.13. The maximum Gasteiger partial charge on any atom is 0.257 e. The van der Waals surface area contributed by atoms with Gasteiger partial charge in [0.1, 0.15) is 5.01 Å². The van der Waals surface area contributed by atoms with Crippen LogP contribution in [0.2, 0.25) is 0 Å². The van der Waals surface area contributed by atoms with E-state index in [4.69, 9.17) is 17.2 Å². The average Bonchev–Trinajstić information content (AvgIpc) is 3.19. The van der Waals surface area contributed by atoms with Crippen LogP contribution in [0.1, 0.15) is 22.8 Å². The molecule has 3 aromatic carbocycles. The number of nitrogens with zero attached hydrogens (tertiary/aromatic N) is 1. The third kappa shape index (κ3) is 4.59. The van der Waals surface area contributed by atoms with E-state index < -0.39 is 0 Å². The van der Waals surface area contributed by atoms with Crippen LogP contribution in [0.4, 0.5) is 5.69 Å². The van der Waals surface area contributed by atoms with E-state index in [9.17, 15) is 4.79 Å². The number of nitrogens with one attached hydrogen (secondary N) is 2. The topological polar surface area (TPSA) is 54.0 Å². The molecule has 0 aliphatic rings. The summed E-state index contributed by atoms with van der Waals surface area (Å²) in [5.74, 6) is -0.242. The van der Waals surface area contributed by atoms with Gasteiger partial charge in [-0.15, -0.1) is 11.3 Å². The molecular formula is C23H18BrN3OS2. The van der Waals surface area contributed by atoms with Crippen molar-refractivity contribution < 1.29 is 4.79 Å². The fraction of sp³-hybridized carbons (Fsp3) is 0.0870. The first kappa shape index (κ1) is 20.7. The molecule has 1 amide bonds. The van der Waals surface area contributed by atoms with Gasteiger partial charge in [0.15, 0.2) is 5.11 Å². The lowest BCUT2D eigenvalue weighted by molar-refractivity contribution is 0.0977. The zero-order valence-corrected chi connectivity index (χ0v) is 19.3. The first-order chi connectivity index (χ1) is 14.5. The molecule has 4 nitrogen and oxygen atoms in total. The van der Waals surface area contributed by atoms with Crippen LogP contribution in [0.15, 0.2) is 71.2 Å². The van der Waals surface area contributed by atoms with E-state index in [-0.39, 0.29) is 11.0 Å². The number of aromatic nitrogens is 1. The van der Waals surface area contributed by atoms with E-state index >= 15 is 0 Å². The van der Waals surface area contributed by atoms with Gasteiger partial charge in [0.25, 0.3) is 5.91 Å². The average molecular weight is 496 g/mol. The highest BCUT2D eigenvalue weighted by Gasteiger charge is 2.14. The summed E-state index contributed by atoms with van der Waals surface area (Å²) in [6.45, 7) is 2.08. The molecule has 0 aliphatic carbocycles. The Hall–Kier alpha value is -2.61. The molecule has 0 radical (unpaired) electrons. The number of aryl methyl sites for hydroxylation is 1. The Balaban J connectivity index is 1.55. The summed E-state index contributed by atoms with van der Waals surface area (Å²) >= 11 is 10.5. The van der Waals surface area contributed by atoms with E-state index in [2.05, 4.69) is 39.6 Å². The van der Waals surface area contributed by atoms with Crippen LogP contribution < -0.4 is 10.6 Å². The number of benzene rings is 3. The highest BCUT2D eigenvalue weighted by molar-refractivity contribution is 9.10. The molecule has 0 fully saturated rings. The van der Waals surface area contributed by atoms with Gasteiger partial charge in [0.05, 0.1) is 15.9 Å². The maximum absolute atomic E-state index is 12.5. The number of hydrogen-bond acceptors (Lipinski definition) is 4. The molecule has 4 aromatic rings. The molecule has 150 valence electrons. The fourth-order valence-corrected chi connectivity index (χ4v) is 4.57. The monoisotopic (exact) mass is 495 g/mol. The quantitative estimate of drug-likeness (QED) is 0.321. The Morgan fingerprint density at radius 1 is 1.10 bits per heavy atom. The number of thiocarbonyl (C=S) groups is 1. The molecule has 0 unspecified atom stereocenters. The Kier molecular flexibility index (Phi) is 6.22. The van der Waals surface area contributed by atoms with Crippen molar-refractivity contribution in [2.45, 2.75) is 13.3 Å². The van der Waals surface area contributed by atoms with Gasteiger partial charge >= 0.3 is 0 Å². The molecule has 0 bridgehead atoms. The predicted octanol–water partition coefficient (Wildman–Crippen LogP) is 6.42. The summed E-state index contributed by atoms with van der Waals surface area (Å²) in [4.78, 5) is 17.3. The minimum atomic E-state index is -0.242. The van der Waals surface area contributed by atoms with Crippen molar-refractivity contribution >= 4 is 66.4 Å². The molecule has 4 rings (SSSR count). The van der Waals surface area contributed by atoms with Crippen LogP contribution in [0.25, 0.3) is 20.8 Å². The highest BCUT2D eigenvalue weighted by atomic mass is 79.9. The number of thiazole rings is 1. The second-order valence-electron chi connectivity index (χ2n) is 6.64. The predicted molar refractivity (Wildman–Crippen MR) is 132 cm³/mol. The van der Waals surface area contributed by atoms with Crippen molar-refractivity contribution in [3.63, 3.8) is 0 Å². The normalized spacial score (nSPS) is 10.7. The number of hydrogen-bond donors (Lipinski definition) is 2. The lowest BCUT2D eigenvalue weighted by atomic mass is 10.1.